The molecule has 0 spiro atoms. The van der Waals surface area contributed by atoms with Gasteiger partial charge in [0.2, 0.25) is 5.88 Å². The number of thiophene rings is 1. The van der Waals surface area contributed by atoms with Crippen LogP contribution in [0.1, 0.15) is 57.3 Å². The monoisotopic (exact) mass is 500 g/mol. The predicted octanol–water partition coefficient (Wildman–Crippen LogP) is 6.18. The first-order valence-corrected chi connectivity index (χ1v) is 13.0. The number of pyridine rings is 1. The maximum atomic E-state index is 13.7. The lowest BCUT2D eigenvalue weighted by Crippen LogP contribution is -2.22. The van der Waals surface area contributed by atoms with Crippen LogP contribution in [-0.4, -0.2) is 28.5 Å². The molecular formula is C29H28N2O4S. The van der Waals surface area contributed by atoms with E-state index < -0.39 is 5.97 Å². The van der Waals surface area contributed by atoms with Crippen molar-refractivity contribution in [1.82, 2.24) is 4.57 Å². The van der Waals surface area contributed by atoms with Crippen LogP contribution in [0.15, 0.2) is 52.3 Å². The Labute approximate surface area is 213 Å². The molecule has 1 N–H and O–H groups in total. The number of esters is 1. The maximum absolute atomic E-state index is 13.7. The third-order valence-electron chi connectivity index (χ3n) is 6.62. The van der Waals surface area contributed by atoms with Crippen molar-refractivity contribution in [1.29, 1.82) is 0 Å². The minimum Gasteiger partial charge on any atom is -0.494 e. The van der Waals surface area contributed by atoms with Crippen molar-refractivity contribution in [2.75, 3.05) is 6.61 Å². The fraction of sp³-hybridized carbons (Fsp3) is 0.276. The third-order valence-corrected chi connectivity index (χ3v) is 7.90. The first-order valence-electron chi connectivity index (χ1n) is 12.2. The molecule has 1 aliphatic carbocycles. The molecule has 6 nitrogen and oxygen atoms in total. The third kappa shape index (κ3) is 4.13. The highest BCUT2D eigenvalue weighted by Gasteiger charge is 2.30. The molecule has 2 heterocycles. The van der Waals surface area contributed by atoms with Crippen molar-refractivity contribution in [2.45, 2.75) is 46.5 Å². The Morgan fingerprint density at radius 2 is 1.89 bits per heavy atom. The standard InChI is InChI=1S/C29H28N2O4S/c1-4-35-29(34)25-21-11-7-8-12-24(21)36-28(25)31-26(32)20-10-6-5-9-19(20)22(27(31)33)16-30-23-14-13-17(2)15-18(23)3/h5-6,9-10,13-16,33H,4,7-8,11-12H2,1-3H3. The average molecular weight is 501 g/mol. The van der Waals surface area contributed by atoms with Gasteiger partial charge in [-0.2, -0.15) is 0 Å². The summed E-state index contributed by atoms with van der Waals surface area (Å²) in [5.74, 6) is -0.701. The summed E-state index contributed by atoms with van der Waals surface area (Å²) in [6.07, 6.45) is 5.20. The Hall–Kier alpha value is -3.71. The van der Waals surface area contributed by atoms with E-state index in [0.717, 1.165) is 52.9 Å². The van der Waals surface area contributed by atoms with Gasteiger partial charge >= 0.3 is 5.97 Å². The van der Waals surface area contributed by atoms with Crippen LogP contribution in [0.2, 0.25) is 0 Å². The van der Waals surface area contributed by atoms with E-state index in [-0.39, 0.29) is 18.0 Å². The maximum Gasteiger partial charge on any atom is 0.341 e. The number of aromatic hydroxyl groups is 1. The molecule has 0 aliphatic heterocycles. The number of rotatable bonds is 5. The number of aryl methyl sites for hydroxylation is 3. The lowest BCUT2D eigenvalue weighted by Gasteiger charge is -2.15. The highest BCUT2D eigenvalue weighted by Crippen LogP contribution is 2.39. The van der Waals surface area contributed by atoms with Crippen LogP contribution >= 0.6 is 11.3 Å². The summed E-state index contributed by atoms with van der Waals surface area (Å²) in [6.45, 7) is 6.00. The Morgan fingerprint density at radius 1 is 1.14 bits per heavy atom. The number of aliphatic imine (C=N–C) groups is 1. The lowest BCUT2D eigenvalue weighted by atomic mass is 9.95. The van der Waals surface area contributed by atoms with Crippen molar-refractivity contribution >= 4 is 40.0 Å². The molecule has 1 aliphatic rings. The van der Waals surface area contributed by atoms with Crippen molar-refractivity contribution < 1.29 is 14.6 Å². The molecule has 0 atom stereocenters. The van der Waals surface area contributed by atoms with Crippen LogP contribution in [0.3, 0.4) is 0 Å². The Morgan fingerprint density at radius 3 is 2.64 bits per heavy atom. The van der Waals surface area contributed by atoms with Crippen LogP contribution in [0.5, 0.6) is 5.88 Å². The van der Waals surface area contributed by atoms with Gasteiger partial charge in [-0.3, -0.25) is 9.79 Å². The van der Waals surface area contributed by atoms with Crippen LogP contribution in [0.25, 0.3) is 15.8 Å². The smallest absolute Gasteiger partial charge is 0.341 e. The van der Waals surface area contributed by atoms with Crippen molar-refractivity contribution in [3.8, 4) is 10.9 Å². The zero-order chi connectivity index (χ0) is 25.4. The van der Waals surface area contributed by atoms with Crippen LogP contribution < -0.4 is 5.56 Å². The number of hydrogen-bond acceptors (Lipinski definition) is 6. The average Bonchev–Trinajstić information content (AvgIpc) is 3.24. The normalized spacial score (nSPS) is 13.3. The van der Waals surface area contributed by atoms with Gasteiger partial charge in [0, 0.05) is 21.9 Å². The molecule has 0 amide bonds. The van der Waals surface area contributed by atoms with E-state index in [0.29, 0.717) is 26.9 Å². The van der Waals surface area contributed by atoms with Gasteiger partial charge in [-0.15, -0.1) is 11.3 Å². The molecular weight excluding hydrogens is 472 g/mol. The number of carbonyl (C=O) groups excluding carboxylic acids is 1. The van der Waals surface area contributed by atoms with Gasteiger partial charge in [0.05, 0.1) is 23.4 Å². The van der Waals surface area contributed by atoms with E-state index in [1.807, 2.05) is 38.1 Å². The molecule has 0 bridgehead atoms. The second-order valence-corrected chi connectivity index (χ2v) is 10.2. The van der Waals surface area contributed by atoms with Crippen LogP contribution in [0, 0.1) is 13.8 Å². The van der Waals surface area contributed by atoms with E-state index in [1.54, 1.807) is 31.3 Å². The molecule has 0 fully saturated rings. The summed E-state index contributed by atoms with van der Waals surface area (Å²) in [7, 11) is 0. The minimum absolute atomic E-state index is 0.231. The zero-order valence-electron chi connectivity index (χ0n) is 20.6. The first kappa shape index (κ1) is 24.0. The summed E-state index contributed by atoms with van der Waals surface area (Å²) >= 11 is 1.39. The highest BCUT2D eigenvalue weighted by atomic mass is 32.1. The highest BCUT2D eigenvalue weighted by molar-refractivity contribution is 7.15. The number of nitrogens with zero attached hydrogens (tertiary/aromatic N) is 2. The Bertz CT molecular complexity index is 1580. The number of carbonyl (C=O) groups is 1. The van der Waals surface area contributed by atoms with Crippen LogP contribution in [0.4, 0.5) is 5.69 Å². The van der Waals surface area contributed by atoms with E-state index in [1.165, 1.54) is 15.9 Å². The van der Waals surface area contributed by atoms with Gasteiger partial charge in [0.1, 0.15) is 5.00 Å². The number of hydrogen-bond donors (Lipinski definition) is 1. The topological polar surface area (TPSA) is 80.9 Å². The minimum atomic E-state index is -0.461. The SMILES string of the molecule is CCOC(=O)c1c(-n2c(O)c(C=Nc3ccc(C)cc3C)c3ccccc3c2=O)sc2c1CCCC2. The van der Waals surface area contributed by atoms with Crippen molar-refractivity contribution in [3.05, 3.63) is 85.5 Å². The van der Waals surface area contributed by atoms with Gasteiger partial charge in [0.15, 0.2) is 0 Å². The molecule has 0 saturated carbocycles. The fourth-order valence-corrected chi connectivity index (χ4v) is 6.26. The molecule has 0 saturated heterocycles. The van der Waals surface area contributed by atoms with E-state index in [4.69, 9.17) is 4.74 Å². The molecule has 0 unspecified atom stereocenters. The number of fused-ring (bicyclic) bond motifs is 2. The predicted molar refractivity (Wildman–Crippen MR) is 145 cm³/mol. The summed E-state index contributed by atoms with van der Waals surface area (Å²) in [4.78, 5) is 32.5. The quantitative estimate of drug-likeness (QED) is 0.262. The number of ether oxygens (including phenoxy) is 1. The van der Waals surface area contributed by atoms with E-state index in [9.17, 15) is 14.7 Å². The van der Waals surface area contributed by atoms with Crippen molar-refractivity contribution in [2.24, 2.45) is 4.99 Å². The first-order chi connectivity index (χ1) is 17.4. The van der Waals surface area contributed by atoms with E-state index in [2.05, 4.69) is 4.99 Å². The molecule has 5 rings (SSSR count). The zero-order valence-corrected chi connectivity index (χ0v) is 21.4. The summed E-state index contributed by atoms with van der Waals surface area (Å²) in [5.41, 5.74) is 4.30. The molecule has 2 aromatic carbocycles. The molecule has 7 heteroatoms. The summed E-state index contributed by atoms with van der Waals surface area (Å²) in [6, 6.07) is 13.1. The van der Waals surface area contributed by atoms with Gasteiger partial charge in [-0.1, -0.05) is 35.9 Å². The second kappa shape index (κ2) is 9.74. The largest absolute Gasteiger partial charge is 0.494 e. The molecule has 184 valence electrons. The fourth-order valence-electron chi connectivity index (χ4n) is 4.88. The van der Waals surface area contributed by atoms with Gasteiger partial charge < -0.3 is 9.84 Å². The van der Waals surface area contributed by atoms with E-state index >= 15 is 0 Å². The number of benzene rings is 2. The number of aromatic nitrogens is 1. The summed E-state index contributed by atoms with van der Waals surface area (Å²) < 4.78 is 6.65. The molecule has 0 radical (unpaired) electrons. The van der Waals surface area contributed by atoms with Gasteiger partial charge in [-0.05, 0) is 69.7 Å². The van der Waals surface area contributed by atoms with Crippen molar-refractivity contribution in [3.63, 3.8) is 0 Å². The second-order valence-electron chi connectivity index (χ2n) is 9.08. The summed E-state index contributed by atoms with van der Waals surface area (Å²) in [5, 5.41) is 13.0. The Balaban J connectivity index is 1.78. The van der Waals surface area contributed by atoms with Gasteiger partial charge in [0.25, 0.3) is 5.56 Å². The molecule has 4 aromatic rings. The lowest BCUT2D eigenvalue weighted by molar-refractivity contribution is 0.0525. The Kier molecular flexibility index (Phi) is 6.49. The molecule has 36 heavy (non-hydrogen) atoms. The van der Waals surface area contributed by atoms with Gasteiger partial charge in [-0.25, -0.2) is 9.36 Å². The van der Waals surface area contributed by atoms with Crippen LogP contribution in [-0.2, 0) is 17.6 Å². The molecule has 2 aromatic heterocycles.